The van der Waals surface area contributed by atoms with Gasteiger partial charge in [0.1, 0.15) is 12.3 Å². The van der Waals surface area contributed by atoms with E-state index >= 15 is 0 Å². The molecule has 1 fully saturated rings. The highest BCUT2D eigenvalue weighted by molar-refractivity contribution is 5.70. The fourth-order valence-corrected chi connectivity index (χ4v) is 5.03. The Morgan fingerprint density at radius 1 is 1.20 bits per heavy atom. The summed E-state index contributed by atoms with van der Waals surface area (Å²) in [6.45, 7) is 8.84. The molecular weight excluding hydrogens is 442 g/mol. The second kappa shape index (κ2) is 8.98. The van der Waals surface area contributed by atoms with Gasteiger partial charge in [-0.1, -0.05) is 12.1 Å². The monoisotopic (exact) mass is 473 g/mol. The first kappa shape index (κ1) is 22.1. The molecule has 3 aliphatic heterocycles. The van der Waals surface area contributed by atoms with Crippen LogP contribution in [-0.2, 0) is 19.5 Å². The van der Waals surface area contributed by atoms with E-state index in [9.17, 15) is 5.11 Å². The molecule has 2 aromatic heterocycles. The number of nitrogens with zero attached hydrogens (tertiary/aromatic N) is 5. The van der Waals surface area contributed by atoms with Crippen LogP contribution in [0.3, 0.4) is 0 Å². The number of β-amino-alcohol motifs (C(OH)–C–C–N with tert-alkyl or cyclic N) is 1. The third-order valence-electron chi connectivity index (χ3n) is 7.36. The van der Waals surface area contributed by atoms with Crippen LogP contribution in [0.5, 0.6) is 5.88 Å². The smallest absolute Gasteiger partial charge is 0.237 e. The summed E-state index contributed by atoms with van der Waals surface area (Å²) < 4.78 is 5.69. The van der Waals surface area contributed by atoms with Crippen molar-refractivity contribution in [1.29, 1.82) is 0 Å². The highest BCUT2D eigenvalue weighted by Crippen LogP contribution is 2.36. The molecule has 5 heterocycles. The molecule has 6 rings (SSSR count). The molecule has 0 radical (unpaired) electrons. The van der Waals surface area contributed by atoms with E-state index in [0.29, 0.717) is 25.0 Å². The van der Waals surface area contributed by atoms with E-state index in [1.54, 1.807) is 0 Å². The number of hydrogen-bond acceptors (Lipinski definition) is 9. The molecule has 1 aromatic carbocycles. The van der Waals surface area contributed by atoms with Crippen molar-refractivity contribution in [3.05, 3.63) is 59.0 Å². The Balaban J connectivity index is 1.15. The topological polar surface area (TPSA) is 98.7 Å². The lowest BCUT2D eigenvalue weighted by molar-refractivity contribution is -0.0571. The molecule has 3 aliphatic rings. The zero-order valence-electron chi connectivity index (χ0n) is 20.2. The largest absolute Gasteiger partial charge is 0.474 e. The number of aliphatic hydroxyl groups excluding tert-OH is 1. The standard InChI is InChI=1S/C26H31N7O2/c1-16-22(12-28-25-24(16)27-8-10-35-25)32-9-7-19-11-29-26(31-21(19)14-32)30-20-5-3-18(4-6-20)13-33-15-23(34)17(33)2/h3-6,11-12,17,23,27,34H,7-10,13-15H2,1-2H3,(H,29,30,31). The number of likely N-dealkylation sites (tertiary alicyclic amines) is 1. The van der Waals surface area contributed by atoms with E-state index in [1.807, 2.05) is 12.4 Å². The van der Waals surface area contributed by atoms with Crippen LogP contribution in [0, 0.1) is 6.92 Å². The first-order valence-corrected chi connectivity index (χ1v) is 12.3. The first-order valence-electron chi connectivity index (χ1n) is 12.3. The van der Waals surface area contributed by atoms with Gasteiger partial charge in [0.05, 0.1) is 30.2 Å². The minimum Gasteiger partial charge on any atom is -0.474 e. The molecule has 0 saturated carbocycles. The number of anilines is 4. The Labute approximate surface area is 205 Å². The molecule has 182 valence electrons. The van der Waals surface area contributed by atoms with Crippen LogP contribution in [0.1, 0.15) is 29.3 Å². The Morgan fingerprint density at radius 3 is 2.86 bits per heavy atom. The predicted molar refractivity (Wildman–Crippen MR) is 135 cm³/mol. The fraction of sp³-hybridized carbons (Fsp3) is 0.423. The maximum atomic E-state index is 9.72. The van der Waals surface area contributed by atoms with Crippen molar-refractivity contribution in [3.63, 3.8) is 0 Å². The van der Waals surface area contributed by atoms with E-state index < -0.39 is 0 Å². The summed E-state index contributed by atoms with van der Waals surface area (Å²) >= 11 is 0. The van der Waals surface area contributed by atoms with Gasteiger partial charge in [0, 0.05) is 49.7 Å². The number of benzene rings is 1. The van der Waals surface area contributed by atoms with Gasteiger partial charge in [0.25, 0.3) is 0 Å². The minimum absolute atomic E-state index is 0.203. The molecule has 2 atom stereocenters. The number of aliphatic hydroxyl groups is 1. The molecule has 9 heteroatoms. The van der Waals surface area contributed by atoms with Crippen molar-refractivity contribution in [3.8, 4) is 5.88 Å². The zero-order chi connectivity index (χ0) is 23.9. The lowest BCUT2D eigenvalue weighted by Gasteiger charge is -2.43. The molecule has 35 heavy (non-hydrogen) atoms. The van der Waals surface area contributed by atoms with Crippen molar-refractivity contribution in [2.45, 2.75) is 45.5 Å². The highest BCUT2D eigenvalue weighted by atomic mass is 16.5. The molecule has 9 nitrogen and oxygen atoms in total. The van der Waals surface area contributed by atoms with Gasteiger partial charge in [-0.2, -0.15) is 0 Å². The maximum absolute atomic E-state index is 9.72. The molecule has 0 bridgehead atoms. The van der Waals surface area contributed by atoms with Gasteiger partial charge in [-0.3, -0.25) is 4.90 Å². The van der Waals surface area contributed by atoms with E-state index in [4.69, 9.17) is 9.72 Å². The van der Waals surface area contributed by atoms with Crippen LogP contribution in [0.15, 0.2) is 36.7 Å². The summed E-state index contributed by atoms with van der Waals surface area (Å²) in [7, 11) is 0. The lowest BCUT2D eigenvalue weighted by atomic mass is 10.0. The Bertz CT molecular complexity index is 1230. The summed E-state index contributed by atoms with van der Waals surface area (Å²) in [6.07, 6.45) is 4.55. The van der Waals surface area contributed by atoms with Gasteiger partial charge >= 0.3 is 0 Å². The quantitative estimate of drug-likeness (QED) is 0.517. The van der Waals surface area contributed by atoms with Gasteiger partial charge in [-0.05, 0) is 43.5 Å². The number of hydrogen-bond donors (Lipinski definition) is 3. The molecule has 0 aliphatic carbocycles. The van der Waals surface area contributed by atoms with Crippen molar-refractivity contribution in [2.24, 2.45) is 0 Å². The Kier molecular flexibility index (Phi) is 5.66. The Hall–Kier alpha value is -3.43. The van der Waals surface area contributed by atoms with Crippen LogP contribution < -0.4 is 20.3 Å². The van der Waals surface area contributed by atoms with Crippen LogP contribution in [-0.4, -0.2) is 63.3 Å². The summed E-state index contributed by atoms with van der Waals surface area (Å²) in [5.74, 6) is 1.29. The van der Waals surface area contributed by atoms with E-state index in [0.717, 1.165) is 60.9 Å². The second-order valence-corrected chi connectivity index (χ2v) is 9.62. The average Bonchev–Trinajstić information content (AvgIpc) is 2.89. The number of fused-ring (bicyclic) bond motifs is 2. The van der Waals surface area contributed by atoms with E-state index in [2.05, 4.69) is 68.5 Å². The van der Waals surface area contributed by atoms with Gasteiger partial charge in [-0.15, -0.1) is 0 Å². The van der Waals surface area contributed by atoms with Gasteiger partial charge in [0.2, 0.25) is 11.8 Å². The summed E-state index contributed by atoms with van der Waals surface area (Å²) in [6, 6.07) is 8.57. The molecule has 1 saturated heterocycles. The molecule has 3 aromatic rings. The van der Waals surface area contributed by atoms with Crippen LogP contribution in [0.4, 0.5) is 23.0 Å². The van der Waals surface area contributed by atoms with Crippen LogP contribution >= 0.6 is 0 Å². The lowest BCUT2D eigenvalue weighted by Crippen LogP contribution is -2.57. The zero-order valence-corrected chi connectivity index (χ0v) is 20.2. The first-order chi connectivity index (χ1) is 17.0. The maximum Gasteiger partial charge on any atom is 0.237 e. The van der Waals surface area contributed by atoms with Gasteiger partial charge in [-0.25, -0.2) is 15.0 Å². The van der Waals surface area contributed by atoms with Crippen LogP contribution in [0.2, 0.25) is 0 Å². The summed E-state index contributed by atoms with van der Waals surface area (Å²) in [5, 5.41) is 16.5. The number of pyridine rings is 1. The molecule has 0 spiro atoms. The van der Waals surface area contributed by atoms with Gasteiger partial charge in [0.15, 0.2) is 0 Å². The highest BCUT2D eigenvalue weighted by Gasteiger charge is 2.33. The minimum atomic E-state index is -0.203. The third-order valence-corrected chi connectivity index (χ3v) is 7.36. The number of aromatic nitrogens is 3. The normalized spacial score (nSPS) is 21.3. The summed E-state index contributed by atoms with van der Waals surface area (Å²) in [5.41, 5.74) is 7.68. The second-order valence-electron chi connectivity index (χ2n) is 9.62. The number of ether oxygens (including phenoxy) is 1. The molecule has 2 unspecified atom stereocenters. The SMILES string of the molecule is Cc1c(N2CCc3cnc(Nc4ccc(CN5CC(O)C5C)cc4)nc3C2)cnc2c1NCCO2. The summed E-state index contributed by atoms with van der Waals surface area (Å²) in [4.78, 5) is 18.6. The van der Waals surface area contributed by atoms with Crippen LogP contribution in [0.25, 0.3) is 0 Å². The fourth-order valence-electron chi connectivity index (χ4n) is 5.03. The third kappa shape index (κ3) is 4.26. The Morgan fingerprint density at radius 2 is 2.06 bits per heavy atom. The van der Waals surface area contributed by atoms with Crippen molar-refractivity contribution >= 4 is 23.0 Å². The van der Waals surface area contributed by atoms with E-state index in [-0.39, 0.29) is 12.1 Å². The van der Waals surface area contributed by atoms with E-state index in [1.165, 1.54) is 11.1 Å². The number of rotatable bonds is 5. The molecule has 0 amide bonds. The average molecular weight is 474 g/mol. The molecular formula is C26H31N7O2. The predicted octanol–water partition coefficient (Wildman–Crippen LogP) is 2.86. The van der Waals surface area contributed by atoms with Gasteiger partial charge < -0.3 is 25.4 Å². The van der Waals surface area contributed by atoms with Crippen molar-refractivity contribution < 1.29 is 9.84 Å². The molecule has 3 N–H and O–H groups in total. The van der Waals surface area contributed by atoms with Crippen molar-refractivity contribution in [2.75, 3.05) is 41.8 Å². The number of nitrogens with one attached hydrogen (secondary N) is 2. The van der Waals surface area contributed by atoms with Crippen molar-refractivity contribution in [1.82, 2.24) is 19.9 Å².